The molecule has 0 aliphatic carbocycles. The summed E-state index contributed by atoms with van der Waals surface area (Å²) in [5, 5.41) is 2.96. The summed E-state index contributed by atoms with van der Waals surface area (Å²) in [6, 6.07) is 0. The van der Waals surface area contributed by atoms with Gasteiger partial charge in [0, 0.05) is 43.0 Å². The molecule has 1 aromatic rings. The average molecular weight is 428 g/mol. The van der Waals surface area contributed by atoms with E-state index in [1.54, 1.807) is 32.4 Å². The number of aromatic nitrogens is 1. The Bertz CT molecular complexity index is 888. The number of hydrogen-bond acceptors (Lipinski definition) is 5. The van der Waals surface area contributed by atoms with Gasteiger partial charge in [-0.15, -0.1) is 0 Å². The van der Waals surface area contributed by atoms with Crippen LogP contribution in [0.5, 0.6) is 0 Å². The lowest BCUT2D eigenvalue weighted by atomic mass is 9.96. The molecule has 1 saturated heterocycles. The van der Waals surface area contributed by atoms with Gasteiger partial charge >= 0.3 is 5.97 Å². The van der Waals surface area contributed by atoms with Crippen molar-refractivity contribution >= 4 is 21.9 Å². The molecule has 0 bridgehead atoms. The number of nitrogens with one attached hydrogen (secondary N) is 1. The van der Waals surface area contributed by atoms with Crippen LogP contribution < -0.4 is 5.32 Å². The van der Waals surface area contributed by atoms with Crippen LogP contribution in [0.25, 0.3) is 0 Å². The van der Waals surface area contributed by atoms with Crippen LogP contribution >= 0.6 is 0 Å². The SMILES string of the molecule is CCOC(=O)c1c(S(=O)(=O)N2CCC(C(=O)NC(C)(C)C)CC2)c(C)n(C)c1C. The first-order chi connectivity index (χ1) is 13.3. The third-order valence-corrected chi connectivity index (χ3v) is 7.38. The summed E-state index contributed by atoms with van der Waals surface area (Å²) in [4.78, 5) is 24.9. The van der Waals surface area contributed by atoms with E-state index in [2.05, 4.69) is 5.32 Å². The van der Waals surface area contributed by atoms with E-state index in [9.17, 15) is 18.0 Å². The molecular formula is C20H33N3O5S. The van der Waals surface area contributed by atoms with Gasteiger partial charge in [-0.05, 0) is 54.4 Å². The highest BCUT2D eigenvalue weighted by Crippen LogP contribution is 2.32. The molecule has 164 valence electrons. The molecule has 1 aromatic heterocycles. The Labute approximate surface area is 173 Å². The summed E-state index contributed by atoms with van der Waals surface area (Å²) >= 11 is 0. The topological polar surface area (TPSA) is 97.7 Å². The first-order valence-electron chi connectivity index (χ1n) is 9.96. The fourth-order valence-corrected chi connectivity index (χ4v) is 5.58. The van der Waals surface area contributed by atoms with Gasteiger partial charge in [-0.1, -0.05) is 0 Å². The zero-order valence-electron chi connectivity index (χ0n) is 18.5. The molecule has 0 atom stereocenters. The van der Waals surface area contributed by atoms with Crippen molar-refractivity contribution in [1.29, 1.82) is 0 Å². The lowest BCUT2D eigenvalue weighted by Gasteiger charge is -2.32. The molecule has 9 heteroatoms. The maximum Gasteiger partial charge on any atom is 0.341 e. The van der Waals surface area contributed by atoms with E-state index in [0.717, 1.165) is 0 Å². The number of esters is 1. The lowest BCUT2D eigenvalue weighted by Crippen LogP contribution is -2.48. The molecule has 0 radical (unpaired) electrons. The predicted octanol–water partition coefficient (Wildman–Crippen LogP) is 2.13. The molecule has 1 amide bonds. The summed E-state index contributed by atoms with van der Waals surface area (Å²) in [6.45, 7) is 11.5. The smallest absolute Gasteiger partial charge is 0.341 e. The fraction of sp³-hybridized carbons (Fsp3) is 0.700. The average Bonchev–Trinajstić information content (AvgIpc) is 2.85. The minimum absolute atomic E-state index is 0.00791. The summed E-state index contributed by atoms with van der Waals surface area (Å²) in [6.07, 6.45) is 0.890. The molecule has 1 fully saturated rings. The van der Waals surface area contributed by atoms with E-state index >= 15 is 0 Å². The number of carbonyl (C=O) groups is 2. The van der Waals surface area contributed by atoms with Crippen LogP contribution in [0.2, 0.25) is 0 Å². The van der Waals surface area contributed by atoms with Crippen LogP contribution in [-0.4, -0.2) is 54.4 Å². The molecule has 1 aliphatic rings. The van der Waals surface area contributed by atoms with Crippen LogP contribution in [0.3, 0.4) is 0 Å². The van der Waals surface area contributed by atoms with Crippen LogP contribution in [0.1, 0.15) is 62.3 Å². The number of sulfonamides is 1. The van der Waals surface area contributed by atoms with Crippen LogP contribution in [0.15, 0.2) is 4.90 Å². The molecular weight excluding hydrogens is 394 g/mol. The van der Waals surface area contributed by atoms with Crippen molar-refractivity contribution in [2.45, 2.75) is 64.8 Å². The van der Waals surface area contributed by atoms with Crippen molar-refractivity contribution < 1.29 is 22.7 Å². The molecule has 0 unspecified atom stereocenters. The molecule has 1 aliphatic heterocycles. The standard InChI is InChI=1S/C20H33N3O5S/c1-8-28-19(25)16-13(2)22(7)14(3)17(16)29(26,27)23-11-9-15(10-12-23)18(24)21-20(4,5)6/h15H,8-12H2,1-7H3,(H,21,24). The number of piperidine rings is 1. The monoisotopic (exact) mass is 427 g/mol. The van der Waals surface area contributed by atoms with Crippen molar-refractivity contribution in [3.8, 4) is 0 Å². The van der Waals surface area contributed by atoms with E-state index < -0.39 is 16.0 Å². The van der Waals surface area contributed by atoms with Gasteiger partial charge in [0.05, 0.1) is 6.61 Å². The molecule has 8 nitrogen and oxygen atoms in total. The Morgan fingerprint density at radius 2 is 1.69 bits per heavy atom. The summed E-state index contributed by atoms with van der Waals surface area (Å²) in [5.41, 5.74) is 0.824. The zero-order chi connectivity index (χ0) is 22.1. The molecule has 2 heterocycles. The number of hydrogen-bond donors (Lipinski definition) is 1. The van der Waals surface area contributed by atoms with Gasteiger partial charge in [-0.3, -0.25) is 4.79 Å². The second kappa shape index (κ2) is 8.47. The van der Waals surface area contributed by atoms with Crippen LogP contribution in [0.4, 0.5) is 0 Å². The minimum atomic E-state index is -3.89. The second-order valence-electron chi connectivity index (χ2n) is 8.57. The number of ether oxygens (including phenoxy) is 1. The van der Waals surface area contributed by atoms with E-state index in [1.807, 2.05) is 20.8 Å². The largest absolute Gasteiger partial charge is 0.462 e. The lowest BCUT2D eigenvalue weighted by molar-refractivity contribution is -0.127. The third kappa shape index (κ3) is 4.83. The molecule has 1 N–H and O–H groups in total. The van der Waals surface area contributed by atoms with Crippen molar-refractivity contribution in [1.82, 2.24) is 14.2 Å². The van der Waals surface area contributed by atoms with Crippen LogP contribution in [0, 0.1) is 19.8 Å². The Morgan fingerprint density at radius 1 is 1.14 bits per heavy atom. The van der Waals surface area contributed by atoms with Gasteiger partial charge in [0.15, 0.2) is 0 Å². The highest BCUT2D eigenvalue weighted by Gasteiger charge is 2.38. The van der Waals surface area contributed by atoms with Gasteiger partial charge in [-0.25, -0.2) is 13.2 Å². The summed E-state index contributed by atoms with van der Waals surface area (Å²) in [5.74, 6) is -0.899. The Kier molecular flexibility index (Phi) is 6.84. The van der Waals surface area contributed by atoms with E-state index in [4.69, 9.17) is 4.74 Å². The van der Waals surface area contributed by atoms with Gasteiger partial charge < -0.3 is 14.6 Å². The summed E-state index contributed by atoms with van der Waals surface area (Å²) in [7, 11) is -2.16. The maximum atomic E-state index is 13.4. The van der Waals surface area contributed by atoms with Gasteiger partial charge in [0.1, 0.15) is 10.5 Å². The van der Waals surface area contributed by atoms with Gasteiger partial charge in [0.25, 0.3) is 0 Å². The number of carbonyl (C=O) groups excluding carboxylic acids is 2. The van der Waals surface area contributed by atoms with Crippen LogP contribution in [-0.2, 0) is 26.6 Å². The fourth-order valence-electron chi connectivity index (χ4n) is 3.64. The molecule has 2 rings (SSSR count). The number of nitrogens with zero attached hydrogens (tertiary/aromatic N) is 2. The third-order valence-electron chi connectivity index (χ3n) is 5.32. The number of amides is 1. The van der Waals surface area contributed by atoms with Gasteiger partial charge in [-0.2, -0.15) is 4.31 Å². The minimum Gasteiger partial charge on any atom is -0.462 e. The van der Waals surface area contributed by atoms with Crippen molar-refractivity contribution in [2.24, 2.45) is 13.0 Å². The van der Waals surface area contributed by atoms with E-state index in [1.165, 1.54) is 4.31 Å². The van der Waals surface area contributed by atoms with Crippen molar-refractivity contribution in [2.75, 3.05) is 19.7 Å². The predicted molar refractivity (Wildman–Crippen MR) is 110 cm³/mol. The Balaban J connectivity index is 2.28. The summed E-state index contributed by atoms with van der Waals surface area (Å²) < 4.78 is 35.0. The first-order valence-corrected chi connectivity index (χ1v) is 11.4. The quantitative estimate of drug-likeness (QED) is 0.726. The molecule has 0 saturated carbocycles. The van der Waals surface area contributed by atoms with Gasteiger partial charge in [0.2, 0.25) is 15.9 Å². The highest BCUT2D eigenvalue weighted by atomic mass is 32.2. The Hall–Kier alpha value is -1.87. The highest BCUT2D eigenvalue weighted by molar-refractivity contribution is 7.89. The van der Waals surface area contributed by atoms with Crippen molar-refractivity contribution in [3.63, 3.8) is 0 Å². The second-order valence-corrected chi connectivity index (χ2v) is 10.4. The molecule has 29 heavy (non-hydrogen) atoms. The molecule has 0 aromatic carbocycles. The zero-order valence-corrected chi connectivity index (χ0v) is 19.3. The normalized spacial score (nSPS) is 16.7. The van der Waals surface area contributed by atoms with Crippen molar-refractivity contribution in [3.05, 3.63) is 17.0 Å². The van der Waals surface area contributed by atoms with E-state index in [0.29, 0.717) is 24.2 Å². The van der Waals surface area contributed by atoms with E-state index in [-0.39, 0.29) is 47.5 Å². The first kappa shape index (κ1) is 23.4. The number of rotatable bonds is 5. The molecule has 0 spiro atoms. The maximum absolute atomic E-state index is 13.4. The Morgan fingerprint density at radius 3 is 2.17 bits per heavy atom.